The third-order valence-corrected chi connectivity index (χ3v) is 3.39. The Morgan fingerprint density at radius 2 is 2.30 bits per heavy atom. The van der Waals surface area contributed by atoms with Crippen molar-refractivity contribution in [2.24, 2.45) is 0 Å². The number of nitriles is 1. The lowest BCUT2D eigenvalue weighted by molar-refractivity contribution is 0.416. The van der Waals surface area contributed by atoms with Gasteiger partial charge in [-0.05, 0) is 33.3 Å². The fraction of sp³-hybridized carbons (Fsp3) is 0.0909. The Kier molecular flexibility index (Phi) is 4.70. The first-order chi connectivity index (χ1) is 9.65. The smallest absolute Gasteiger partial charge is 0.216 e. The predicted molar refractivity (Wildman–Crippen MR) is 79.8 cm³/mol. The van der Waals surface area contributed by atoms with E-state index in [9.17, 15) is 0 Å². The highest BCUT2D eigenvalue weighted by atomic mass is 79.9. The largest absolute Gasteiger partial charge is 0.494 e. The Morgan fingerprint density at radius 1 is 1.50 bits per heavy atom. The molecule has 0 atom stereocenters. The summed E-state index contributed by atoms with van der Waals surface area (Å²) in [5.74, 6) is 0.833. The maximum atomic E-state index is 9.09. The van der Waals surface area contributed by atoms with Crippen LogP contribution >= 0.6 is 31.9 Å². The molecule has 1 aromatic heterocycles. The molecule has 9 heteroatoms. The van der Waals surface area contributed by atoms with Crippen LogP contribution < -0.4 is 10.1 Å². The number of hydrogen-bond acceptors (Lipinski definition) is 6. The van der Waals surface area contributed by atoms with Gasteiger partial charge in [0.1, 0.15) is 17.4 Å². The molecule has 102 valence electrons. The van der Waals surface area contributed by atoms with Gasteiger partial charge in [0.05, 0.1) is 12.8 Å². The van der Waals surface area contributed by atoms with Crippen LogP contribution in [0.1, 0.15) is 5.82 Å². The number of aromatic amines is 1. The van der Waals surface area contributed by atoms with E-state index in [1.807, 2.05) is 12.1 Å². The van der Waals surface area contributed by atoms with Gasteiger partial charge < -0.3 is 10.1 Å². The second kappa shape index (κ2) is 6.49. The third kappa shape index (κ3) is 3.15. The molecule has 0 spiro atoms. The van der Waals surface area contributed by atoms with Gasteiger partial charge in [0.15, 0.2) is 0 Å². The van der Waals surface area contributed by atoms with Crippen molar-refractivity contribution in [3.05, 3.63) is 33.1 Å². The van der Waals surface area contributed by atoms with Gasteiger partial charge in [-0.1, -0.05) is 15.9 Å². The van der Waals surface area contributed by atoms with Crippen molar-refractivity contribution < 1.29 is 4.74 Å². The van der Waals surface area contributed by atoms with Crippen LogP contribution in [0, 0.1) is 11.3 Å². The highest BCUT2D eigenvalue weighted by molar-refractivity contribution is 9.11. The molecule has 1 heterocycles. The minimum absolute atomic E-state index is 0.215. The number of methoxy groups -OCH3 is 1. The Hall–Kier alpha value is -1.92. The summed E-state index contributed by atoms with van der Waals surface area (Å²) in [6.07, 6.45) is 1.49. The number of nitrogens with one attached hydrogen (secondary N) is 2. The molecule has 0 saturated carbocycles. The highest BCUT2D eigenvalue weighted by Crippen LogP contribution is 2.36. The van der Waals surface area contributed by atoms with Crippen LogP contribution in [0.25, 0.3) is 5.57 Å². The molecule has 0 radical (unpaired) electrons. The zero-order valence-corrected chi connectivity index (χ0v) is 13.4. The van der Waals surface area contributed by atoms with E-state index in [0.29, 0.717) is 11.4 Å². The zero-order valence-electron chi connectivity index (χ0n) is 10.2. The number of aromatic nitrogens is 4. The Balaban J connectivity index is 2.33. The number of allylic oxidation sites excluding steroid dienone is 1. The van der Waals surface area contributed by atoms with E-state index in [4.69, 9.17) is 10.00 Å². The molecule has 0 unspecified atom stereocenters. The minimum atomic E-state index is 0.215. The van der Waals surface area contributed by atoms with Crippen molar-refractivity contribution in [2.75, 3.05) is 12.4 Å². The summed E-state index contributed by atoms with van der Waals surface area (Å²) < 4.78 is 6.93. The standard InChI is InChI=1S/C11H8Br2N6O/c1-20-9-3-7(12)2-8(13)10(9)15-5-6(4-14)11-16-18-19-17-11/h2-3,5,15H,1H3,(H,16,17,18,19). The number of rotatable bonds is 4. The number of ether oxygens (including phenoxy) is 1. The molecule has 1 aromatic carbocycles. The lowest BCUT2D eigenvalue weighted by atomic mass is 10.2. The number of tetrazole rings is 1. The first kappa shape index (κ1) is 14.5. The first-order valence-electron chi connectivity index (χ1n) is 5.29. The van der Waals surface area contributed by atoms with Crippen LogP contribution in [0.5, 0.6) is 5.75 Å². The van der Waals surface area contributed by atoms with Crippen molar-refractivity contribution in [3.8, 4) is 11.8 Å². The van der Waals surface area contributed by atoms with E-state index in [-0.39, 0.29) is 11.4 Å². The monoisotopic (exact) mass is 398 g/mol. The first-order valence-corrected chi connectivity index (χ1v) is 6.88. The maximum Gasteiger partial charge on any atom is 0.216 e. The summed E-state index contributed by atoms with van der Waals surface area (Å²) in [5, 5.41) is 25.3. The topological polar surface area (TPSA) is 99.5 Å². The van der Waals surface area contributed by atoms with Crippen LogP contribution in [-0.4, -0.2) is 27.7 Å². The average Bonchev–Trinajstić information content (AvgIpc) is 2.94. The molecule has 0 fully saturated rings. The molecule has 0 aliphatic rings. The van der Waals surface area contributed by atoms with Gasteiger partial charge in [-0.3, -0.25) is 0 Å². The molecule has 0 saturated heterocycles. The van der Waals surface area contributed by atoms with Crippen LogP contribution in [0.3, 0.4) is 0 Å². The molecule has 2 rings (SSSR count). The van der Waals surface area contributed by atoms with Crippen LogP contribution in [0.2, 0.25) is 0 Å². The fourth-order valence-corrected chi connectivity index (χ4v) is 2.72. The van der Waals surface area contributed by atoms with Gasteiger partial charge in [-0.25, -0.2) is 0 Å². The molecule has 0 aliphatic heterocycles. The SMILES string of the molecule is COc1cc(Br)cc(Br)c1NC=C(C#N)c1nn[nH]n1. The van der Waals surface area contributed by atoms with Crippen LogP contribution in [-0.2, 0) is 0 Å². The normalized spacial score (nSPS) is 11.0. The summed E-state index contributed by atoms with van der Waals surface area (Å²) in [7, 11) is 1.56. The molecule has 0 bridgehead atoms. The van der Waals surface area contributed by atoms with Gasteiger partial charge in [0.2, 0.25) is 5.82 Å². The number of halogens is 2. The molecule has 7 nitrogen and oxygen atoms in total. The van der Waals surface area contributed by atoms with Crippen molar-refractivity contribution in [3.63, 3.8) is 0 Å². The van der Waals surface area contributed by atoms with E-state index in [0.717, 1.165) is 8.95 Å². The predicted octanol–water partition coefficient (Wildman–Crippen LogP) is 2.71. The lowest BCUT2D eigenvalue weighted by Crippen LogP contribution is -1.97. The van der Waals surface area contributed by atoms with E-state index in [1.165, 1.54) is 6.20 Å². The third-order valence-electron chi connectivity index (χ3n) is 2.31. The summed E-state index contributed by atoms with van der Waals surface area (Å²) in [4.78, 5) is 0. The fourth-order valence-electron chi connectivity index (χ4n) is 1.42. The summed E-state index contributed by atoms with van der Waals surface area (Å²) >= 11 is 6.80. The van der Waals surface area contributed by atoms with Gasteiger partial charge in [0, 0.05) is 15.1 Å². The van der Waals surface area contributed by atoms with E-state index >= 15 is 0 Å². The van der Waals surface area contributed by atoms with Gasteiger partial charge in [0.25, 0.3) is 0 Å². The Labute approximate surface area is 131 Å². The van der Waals surface area contributed by atoms with Gasteiger partial charge in [-0.15, -0.1) is 10.2 Å². The summed E-state index contributed by atoms with van der Waals surface area (Å²) in [5.41, 5.74) is 0.933. The average molecular weight is 400 g/mol. The van der Waals surface area contributed by atoms with Crippen LogP contribution in [0.15, 0.2) is 27.3 Å². The minimum Gasteiger partial charge on any atom is -0.494 e. The molecule has 0 amide bonds. The van der Waals surface area contributed by atoms with Gasteiger partial charge in [-0.2, -0.15) is 10.5 Å². The van der Waals surface area contributed by atoms with E-state index in [1.54, 1.807) is 13.2 Å². The highest BCUT2D eigenvalue weighted by Gasteiger charge is 2.10. The van der Waals surface area contributed by atoms with Crippen LogP contribution in [0.4, 0.5) is 5.69 Å². The molecule has 2 N–H and O–H groups in total. The molecular weight excluding hydrogens is 392 g/mol. The zero-order chi connectivity index (χ0) is 14.5. The number of H-pyrrole nitrogens is 1. The van der Waals surface area contributed by atoms with Crippen molar-refractivity contribution >= 4 is 43.1 Å². The quantitative estimate of drug-likeness (QED) is 0.766. The second-order valence-corrected chi connectivity index (χ2v) is 5.28. The number of nitrogens with zero attached hydrogens (tertiary/aromatic N) is 4. The van der Waals surface area contributed by atoms with Crippen molar-refractivity contribution in [1.82, 2.24) is 20.6 Å². The van der Waals surface area contributed by atoms with Crippen molar-refractivity contribution in [1.29, 1.82) is 5.26 Å². The Morgan fingerprint density at radius 3 is 2.90 bits per heavy atom. The van der Waals surface area contributed by atoms with E-state index in [2.05, 4.69) is 57.8 Å². The lowest BCUT2D eigenvalue weighted by Gasteiger charge is -2.11. The van der Waals surface area contributed by atoms with E-state index < -0.39 is 0 Å². The maximum absolute atomic E-state index is 9.09. The number of anilines is 1. The number of hydrogen-bond donors (Lipinski definition) is 2. The molecular formula is C11H8Br2N6O. The molecule has 2 aromatic rings. The summed E-state index contributed by atoms with van der Waals surface area (Å²) in [6, 6.07) is 5.66. The van der Waals surface area contributed by atoms with Crippen molar-refractivity contribution in [2.45, 2.75) is 0 Å². The Bertz CT molecular complexity index is 677. The molecule has 20 heavy (non-hydrogen) atoms. The van der Waals surface area contributed by atoms with Gasteiger partial charge >= 0.3 is 0 Å². The summed E-state index contributed by atoms with van der Waals surface area (Å²) in [6.45, 7) is 0. The molecule has 0 aliphatic carbocycles. The second-order valence-electron chi connectivity index (χ2n) is 3.51. The number of benzene rings is 1.